The van der Waals surface area contributed by atoms with Gasteiger partial charge in [-0.3, -0.25) is 5.41 Å². The van der Waals surface area contributed by atoms with Crippen LogP contribution >= 0.6 is 0 Å². The van der Waals surface area contributed by atoms with Crippen LogP contribution in [0.1, 0.15) is 32.6 Å². The number of hydrogen-bond donors (Lipinski definition) is 2. The van der Waals surface area contributed by atoms with Gasteiger partial charge in [-0.2, -0.15) is 0 Å². The molecule has 1 saturated heterocycles. The average molecular weight is 183 g/mol. The van der Waals surface area contributed by atoms with Crippen molar-refractivity contribution in [1.29, 1.82) is 5.41 Å². The summed E-state index contributed by atoms with van der Waals surface area (Å²) in [4.78, 5) is 2.44. The molecule has 76 valence electrons. The van der Waals surface area contributed by atoms with Crippen LogP contribution in [-0.2, 0) is 0 Å². The van der Waals surface area contributed by atoms with E-state index in [1.807, 2.05) is 0 Å². The molecule has 1 fully saturated rings. The Bertz CT molecular complexity index is 168. The summed E-state index contributed by atoms with van der Waals surface area (Å²) in [7, 11) is 0. The first-order valence-corrected chi connectivity index (χ1v) is 5.23. The molecule has 13 heavy (non-hydrogen) atoms. The fraction of sp³-hybridized carbons (Fsp3) is 0.900. The van der Waals surface area contributed by atoms with Gasteiger partial charge in [0.25, 0.3) is 0 Å². The quantitative estimate of drug-likeness (QED) is 0.514. The lowest BCUT2D eigenvalue weighted by molar-refractivity contribution is 0.289. The van der Waals surface area contributed by atoms with Gasteiger partial charge in [0.05, 0.1) is 5.84 Å². The zero-order chi connectivity index (χ0) is 9.68. The second kappa shape index (κ2) is 5.22. The van der Waals surface area contributed by atoms with Gasteiger partial charge in [0.2, 0.25) is 0 Å². The monoisotopic (exact) mass is 183 g/mol. The largest absolute Gasteiger partial charge is 0.388 e. The highest BCUT2D eigenvalue weighted by Crippen LogP contribution is 2.16. The molecule has 1 heterocycles. The molecule has 1 unspecified atom stereocenters. The maximum atomic E-state index is 7.16. The van der Waals surface area contributed by atoms with Gasteiger partial charge < -0.3 is 10.6 Å². The normalized spacial score (nSPS) is 25.5. The summed E-state index contributed by atoms with van der Waals surface area (Å²) in [6.45, 7) is 5.68. The van der Waals surface area contributed by atoms with Crippen LogP contribution in [0.25, 0.3) is 0 Å². The van der Waals surface area contributed by atoms with Crippen LogP contribution in [0.2, 0.25) is 0 Å². The molecule has 0 bridgehead atoms. The second-order valence-corrected chi connectivity index (χ2v) is 4.15. The minimum absolute atomic E-state index is 0.317. The lowest BCUT2D eigenvalue weighted by Crippen LogP contribution is -2.28. The second-order valence-electron chi connectivity index (χ2n) is 4.15. The Hall–Kier alpha value is -0.570. The lowest BCUT2D eigenvalue weighted by Gasteiger charge is -2.19. The van der Waals surface area contributed by atoms with E-state index in [4.69, 9.17) is 11.1 Å². The van der Waals surface area contributed by atoms with Gasteiger partial charge in [-0.1, -0.05) is 6.92 Å². The summed E-state index contributed by atoms with van der Waals surface area (Å²) in [5.74, 6) is 1.19. The van der Waals surface area contributed by atoms with Crippen LogP contribution in [0.15, 0.2) is 0 Å². The molecule has 3 N–H and O–H groups in total. The third kappa shape index (κ3) is 4.27. The van der Waals surface area contributed by atoms with Crippen molar-refractivity contribution in [2.24, 2.45) is 11.7 Å². The summed E-state index contributed by atoms with van der Waals surface area (Å²) in [5.41, 5.74) is 5.33. The Balaban J connectivity index is 2.22. The Morgan fingerprint density at radius 3 is 2.92 bits per heavy atom. The summed E-state index contributed by atoms with van der Waals surface area (Å²) >= 11 is 0. The summed E-state index contributed by atoms with van der Waals surface area (Å²) in [6, 6.07) is 0. The molecule has 3 nitrogen and oxygen atoms in total. The van der Waals surface area contributed by atoms with E-state index in [1.165, 1.54) is 32.4 Å². The molecule has 0 spiro atoms. The molecule has 0 aromatic heterocycles. The number of hydrogen-bond acceptors (Lipinski definition) is 2. The number of likely N-dealkylation sites (tertiary alicyclic amines) is 1. The highest BCUT2D eigenvalue weighted by Gasteiger charge is 2.12. The molecule has 0 amide bonds. The Morgan fingerprint density at radius 2 is 2.23 bits per heavy atom. The summed E-state index contributed by atoms with van der Waals surface area (Å²) < 4.78 is 0. The number of nitrogens with two attached hydrogens (primary N) is 1. The van der Waals surface area contributed by atoms with Crippen molar-refractivity contribution in [3.05, 3.63) is 0 Å². The van der Waals surface area contributed by atoms with Gasteiger partial charge in [-0.05, 0) is 38.3 Å². The van der Waals surface area contributed by atoms with E-state index in [2.05, 4.69) is 11.8 Å². The minimum Gasteiger partial charge on any atom is -0.388 e. The van der Waals surface area contributed by atoms with E-state index in [9.17, 15) is 0 Å². The molecule has 0 aromatic rings. The number of nitrogens with zero attached hydrogens (tertiary/aromatic N) is 1. The third-order valence-electron chi connectivity index (χ3n) is 2.81. The summed E-state index contributed by atoms with van der Waals surface area (Å²) in [6.07, 6.45) is 4.70. The molecule has 1 aliphatic heterocycles. The van der Waals surface area contributed by atoms with Crippen LogP contribution in [0.3, 0.4) is 0 Å². The SMILES string of the molecule is CC1CCCN(CCC(=N)N)CC1. The van der Waals surface area contributed by atoms with Gasteiger partial charge in [0.15, 0.2) is 0 Å². The van der Waals surface area contributed by atoms with Gasteiger partial charge in [0, 0.05) is 13.0 Å². The van der Waals surface area contributed by atoms with Gasteiger partial charge in [0.1, 0.15) is 0 Å². The molecule has 0 saturated carbocycles. The van der Waals surface area contributed by atoms with Gasteiger partial charge in [-0.15, -0.1) is 0 Å². The topological polar surface area (TPSA) is 53.1 Å². The standard InChI is InChI=1S/C10H21N3/c1-9-3-2-6-13(7-4-9)8-5-10(11)12/h9H,2-8H2,1H3,(H3,11,12). The van der Waals surface area contributed by atoms with E-state index in [1.54, 1.807) is 0 Å². The van der Waals surface area contributed by atoms with E-state index in [-0.39, 0.29) is 0 Å². The fourth-order valence-corrected chi connectivity index (χ4v) is 1.82. The molecular weight excluding hydrogens is 162 g/mol. The van der Waals surface area contributed by atoms with E-state index >= 15 is 0 Å². The van der Waals surface area contributed by atoms with Crippen LogP contribution in [0.4, 0.5) is 0 Å². The van der Waals surface area contributed by atoms with Crippen LogP contribution < -0.4 is 5.73 Å². The zero-order valence-electron chi connectivity index (χ0n) is 8.55. The van der Waals surface area contributed by atoms with Crippen LogP contribution in [0, 0.1) is 11.3 Å². The van der Waals surface area contributed by atoms with Crippen molar-refractivity contribution in [3.8, 4) is 0 Å². The average Bonchev–Trinajstić information content (AvgIpc) is 2.27. The first kappa shape index (κ1) is 10.5. The maximum absolute atomic E-state index is 7.16. The smallest absolute Gasteiger partial charge is 0.0918 e. The highest BCUT2D eigenvalue weighted by atomic mass is 15.1. The zero-order valence-corrected chi connectivity index (χ0v) is 8.55. The third-order valence-corrected chi connectivity index (χ3v) is 2.81. The van der Waals surface area contributed by atoms with Crippen molar-refractivity contribution >= 4 is 5.84 Å². The van der Waals surface area contributed by atoms with Crippen molar-refractivity contribution < 1.29 is 0 Å². The van der Waals surface area contributed by atoms with Crippen molar-refractivity contribution in [1.82, 2.24) is 4.90 Å². The predicted molar refractivity (Wildman–Crippen MR) is 56.0 cm³/mol. The maximum Gasteiger partial charge on any atom is 0.0918 e. The summed E-state index contributed by atoms with van der Waals surface area (Å²) in [5, 5.41) is 7.16. The minimum atomic E-state index is 0.317. The molecule has 1 rings (SSSR count). The van der Waals surface area contributed by atoms with E-state index < -0.39 is 0 Å². The molecule has 3 heteroatoms. The molecular formula is C10H21N3. The fourth-order valence-electron chi connectivity index (χ4n) is 1.82. The Kier molecular flexibility index (Phi) is 4.22. The van der Waals surface area contributed by atoms with Crippen LogP contribution in [0.5, 0.6) is 0 Å². The van der Waals surface area contributed by atoms with E-state index in [0.29, 0.717) is 5.84 Å². The first-order chi connectivity index (χ1) is 6.18. The van der Waals surface area contributed by atoms with Crippen molar-refractivity contribution in [2.75, 3.05) is 19.6 Å². The number of amidine groups is 1. The Labute approximate surface area is 80.8 Å². The molecule has 0 aliphatic carbocycles. The van der Waals surface area contributed by atoms with Gasteiger partial charge in [-0.25, -0.2) is 0 Å². The van der Waals surface area contributed by atoms with Crippen molar-refractivity contribution in [2.45, 2.75) is 32.6 Å². The molecule has 0 radical (unpaired) electrons. The molecule has 1 atom stereocenters. The first-order valence-electron chi connectivity index (χ1n) is 5.23. The van der Waals surface area contributed by atoms with Crippen molar-refractivity contribution in [3.63, 3.8) is 0 Å². The van der Waals surface area contributed by atoms with Gasteiger partial charge >= 0.3 is 0 Å². The van der Waals surface area contributed by atoms with Crippen LogP contribution in [-0.4, -0.2) is 30.4 Å². The Morgan fingerprint density at radius 1 is 1.46 bits per heavy atom. The highest BCUT2D eigenvalue weighted by molar-refractivity contribution is 5.76. The molecule has 1 aliphatic rings. The number of rotatable bonds is 3. The molecule has 0 aromatic carbocycles. The number of nitrogens with one attached hydrogen (secondary N) is 1. The van der Waals surface area contributed by atoms with E-state index in [0.717, 1.165) is 18.9 Å². The lowest BCUT2D eigenvalue weighted by atomic mass is 10.0. The predicted octanol–water partition coefficient (Wildman–Crippen LogP) is 1.43.